The number of nitrogens with one attached hydrogen (secondary N) is 2. The summed E-state index contributed by atoms with van der Waals surface area (Å²) in [6.45, 7) is 8.22. The van der Waals surface area contributed by atoms with Crippen molar-refractivity contribution in [3.8, 4) is 0 Å². The van der Waals surface area contributed by atoms with E-state index < -0.39 is 0 Å². The first-order chi connectivity index (χ1) is 13.2. The minimum atomic E-state index is -0.152. The minimum Gasteiger partial charge on any atom is -0.367 e. The molecular formula is C20H29FIN5S. The van der Waals surface area contributed by atoms with Gasteiger partial charge in [-0.25, -0.2) is 4.39 Å². The molecule has 8 heteroatoms. The number of thiophene rings is 1. The van der Waals surface area contributed by atoms with Gasteiger partial charge in [-0.1, -0.05) is 13.0 Å². The van der Waals surface area contributed by atoms with Crippen LogP contribution in [0, 0.1) is 5.82 Å². The third-order valence-electron chi connectivity index (χ3n) is 4.90. The highest BCUT2D eigenvalue weighted by molar-refractivity contribution is 14.0. The molecule has 0 atom stereocenters. The molecule has 0 spiro atoms. The molecule has 0 radical (unpaired) electrons. The smallest absolute Gasteiger partial charge is 0.191 e. The fourth-order valence-electron chi connectivity index (χ4n) is 3.21. The number of benzene rings is 1. The Labute approximate surface area is 188 Å². The maximum atomic E-state index is 14.6. The predicted octanol–water partition coefficient (Wildman–Crippen LogP) is 3.51. The highest BCUT2D eigenvalue weighted by Gasteiger charge is 2.18. The van der Waals surface area contributed by atoms with Crippen molar-refractivity contribution in [2.24, 2.45) is 4.99 Å². The molecule has 0 unspecified atom stereocenters. The number of aliphatic imine (C=N–C) groups is 1. The fourth-order valence-corrected chi connectivity index (χ4v) is 3.88. The maximum Gasteiger partial charge on any atom is 0.191 e. The summed E-state index contributed by atoms with van der Waals surface area (Å²) >= 11 is 1.68. The van der Waals surface area contributed by atoms with E-state index in [4.69, 9.17) is 0 Å². The van der Waals surface area contributed by atoms with Gasteiger partial charge in [-0.05, 0) is 46.6 Å². The van der Waals surface area contributed by atoms with Crippen LogP contribution < -0.4 is 15.5 Å². The Hall–Kier alpha value is -1.39. The van der Waals surface area contributed by atoms with Gasteiger partial charge in [0.25, 0.3) is 0 Å². The zero-order valence-electron chi connectivity index (χ0n) is 16.4. The summed E-state index contributed by atoms with van der Waals surface area (Å²) in [5.74, 6) is 0.557. The molecule has 1 saturated heterocycles. The van der Waals surface area contributed by atoms with Crippen molar-refractivity contribution in [3.05, 3.63) is 52.0 Å². The van der Waals surface area contributed by atoms with Gasteiger partial charge in [0.1, 0.15) is 5.82 Å². The summed E-state index contributed by atoms with van der Waals surface area (Å²) in [5, 5.41) is 10.7. The first kappa shape index (κ1) is 22.9. The number of piperazine rings is 1. The molecular weight excluding hydrogens is 488 g/mol. The summed E-state index contributed by atoms with van der Waals surface area (Å²) in [7, 11) is 1.74. The van der Waals surface area contributed by atoms with Crippen LogP contribution in [0.4, 0.5) is 10.1 Å². The Morgan fingerprint density at radius 3 is 2.39 bits per heavy atom. The average Bonchev–Trinajstić information content (AvgIpc) is 3.22. The Kier molecular flexibility index (Phi) is 9.46. The van der Waals surface area contributed by atoms with Crippen LogP contribution in [0.2, 0.25) is 0 Å². The van der Waals surface area contributed by atoms with Gasteiger partial charge in [0.2, 0.25) is 0 Å². The van der Waals surface area contributed by atoms with Crippen LogP contribution in [0.5, 0.6) is 0 Å². The quantitative estimate of drug-likeness (QED) is 0.350. The normalized spacial score (nSPS) is 15.2. The van der Waals surface area contributed by atoms with Crippen molar-refractivity contribution < 1.29 is 4.39 Å². The molecule has 1 aliphatic rings. The van der Waals surface area contributed by atoms with Crippen molar-refractivity contribution >= 4 is 47.0 Å². The predicted molar refractivity (Wildman–Crippen MR) is 127 cm³/mol. The van der Waals surface area contributed by atoms with Gasteiger partial charge < -0.3 is 20.4 Å². The van der Waals surface area contributed by atoms with Crippen molar-refractivity contribution in [2.75, 3.05) is 44.7 Å². The molecule has 2 N–H and O–H groups in total. The van der Waals surface area contributed by atoms with Crippen LogP contribution in [-0.2, 0) is 13.1 Å². The fraction of sp³-hybridized carbons (Fsp3) is 0.450. The van der Waals surface area contributed by atoms with E-state index in [1.807, 2.05) is 12.1 Å². The van der Waals surface area contributed by atoms with E-state index in [0.29, 0.717) is 18.2 Å². The van der Waals surface area contributed by atoms with E-state index in [1.165, 1.54) is 5.56 Å². The number of hydrogen-bond acceptors (Lipinski definition) is 4. The summed E-state index contributed by atoms with van der Waals surface area (Å²) in [5.41, 5.74) is 2.83. The maximum absolute atomic E-state index is 14.6. The number of halogens is 2. The zero-order valence-corrected chi connectivity index (χ0v) is 19.6. The third kappa shape index (κ3) is 6.31. The van der Waals surface area contributed by atoms with Crippen molar-refractivity contribution in [1.82, 2.24) is 15.5 Å². The molecule has 154 valence electrons. The van der Waals surface area contributed by atoms with Gasteiger partial charge in [-0.2, -0.15) is 11.3 Å². The highest BCUT2D eigenvalue weighted by atomic mass is 127. The number of hydrogen-bond donors (Lipinski definition) is 2. The Morgan fingerprint density at radius 1 is 1.11 bits per heavy atom. The first-order valence-electron chi connectivity index (χ1n) is 9.41. The molecule has 0 aliphatic carbocycles. The van der Waals surface area contributed by atoms with Gasteiger partial charge in [-0.15, -0.1) is 24.0 Å². The van der Waals surface area contributed by atoms with Gasteiger partial charge in [0.05, 0.1) is 5.69 Å². The highest BCUT2D eigenvalue weighted by Crippen LogP contribution is 2.22. The Bertz CT molecular complexity index is 745. The molecule has 0 bridgehead atoms. The van der Waals surface area contributed by atoms with E-state index in [2.05, 4.69) is 49.2 Å². The first-order valence-corrected chi connectivity index (χ1v) is 10.3. The second kappa shape index (κ2) is 11.6. The van der Waals surface area contributed by atoms with Crippen LogP contribution in [0.15, 0.2) is 40.0 Å². The van der Waals surface area contributed by atoms with E-state index in [1.54, 1.807) is 24.5 Å². The second-order valence-corrected chi connectivity index (χ2v) is 7.40. The number of rotatable bonds is 6. The van der Waals surface area contributed by atoms with Crippen molar-refractivity contribution in [3.63, 3.8) is 0 Å². The summed E-state index contributed by atoms with van der Waals surface area (Å²) in [6, 6.07) is 7.60. The van der Waals surface area contributed by atoms with Crippen LogP contribution in [0.1, 0.15) is 18.1 Å². The van der Waals surface area contributed by atoms with Crippen LogP contribution in [0.3, 0.4) is 0 Å². The summed E-state index contributed by atoms with van der Waals surface area (Å²) in [6.07, 6.45) is 0. The van der Waals surface area contributed by atoms with E-state index >= 15 is 0 Å². The second-order valence-electron chi connectivity index (χ2n) is 6.62. The minimum absolute atomic E-state index is 0. The molecule has 0 saturated carbocycles. The monoisotopic (exact) mass is 517 g/mol. The number of guanidine groups is 1. The van der Waals surface area contributed by atoms with Gasteiger partial charge >= 0.3 is 0 Å². The van der Waals surface area contributed by atoms with Crippen LogP contribution in [0.25, 0.3) is 0 Å². The third-order valence-corrected chi connectivity index (χ3v) is 5.63. The molecule has 2 aromatic rings. The molecule has 3 rings (SSSR count). The average molecular weight is 517 g/mol. The lowest BCUT2D eigenvalue weighted by Crippen LogP contribution is -2.46. The van der Waals surface area contributed by atoms with E-state index in [-0.39, 0.29) is 29.8 Å². The molecule has 5 nitrogen and oxygen atoms in total. The number of likely N-dealkylation sites (N-methyl/N-ethyl adjacent to an activating group) is 1. The summed E-state index contributed by atoms with van der Waals surface area (Å²) in [4.78, 5) is 8.75. The van der Waals surface area contributed by atoms with Crippen molar-refractivity contribution in [1.29, 1.82) is 0 Å². The molecule has 1 aliphatic heterocycles. The van der Waals surface area contributed by atoms with Crippen LogP contribution in [-0.4, -0.2) is 50.6 Å². The van der Waals surface area contributed by atoms with E-state index in [9.17, 15) is 4.39 Å². The molecule has 1 aromatic heterocycles. The molecule has 28 heavy (non-hydrogen) atoms. The Balaban J connectivity index is 0.00000280. The lowest BCUT2D eigenvalue weighted by molar-refractivity contribution is 0.270. The molecule has 1 aromatic carbocycles. The zero-order chi connectivity index (χ0) is 19.1. The Morgan fingerprint density at radius 2 is 1.82 bits per heavy atom. The van der Waals surface area contributed by atoms with Gasteiger partial charge in [0, 0.05) is 46.3 Å². The largest absolute Gasteiger partial charge is 0.367 e. The number of nitrogens with zero attached hydrogens (tertiary/aromatic N) is 3. The molecule has 1 fully saturated rings. The SMILES string of the molecule is CCN1CCN(c2ccc(CNC(=NC)NCc3ccsc3)cc2F)CC1.I. The van der Waals surface area contributed by atoms with Crippen LogP contribution >= 0.6 is 35.3 Å². The van der Waals surface area contributed by atoms with Gasteiger partial charge in [0.15, 0.2) is 5.96 Å². The lowest BCUT2D eigenvalue weighted by atomic mass is 10.1. The van der Waals surface area contributed by atoms with Crippen molar-refractivity contribution in [2.45, 2.75) is 20.0 Å². The summed E-state index contributed by atoms with van der Waals surface area (Å²) < 4.78 is 14.6. The lowest BCUT2D eigenvalue weighted by Gasteiger charge is -2.35. The topological polar surface area (TPSA) is 42.9 Å². The van der Waals surface area contributed by atoms with Gasteiger partial charge in [-0.3, -0.25) is 4.99 Å². The molecule has 2 heterocycles. The standard InChI is InChI=1S/C20H28FN5S.HI/c1-3-25-7-9-26(10-8-25)19-5-4-16(12-18(19)21)13-23-20(22-2)24-14-17-6-11-27-15-17;/h4-6,11-12,15H,3,7-10,13-14H2,1-2H3,(H2,22,23,24);1H. The van der Waals surface area contributed by atoms with E-state index in [0.717, 1.165) is 44.8 Å². The number of anilines is 1. The molecule has 0 amide bonds.